The van der Waals surface area contributed by atoms with Crippen molar-refractivity contribution in [3.63, 3.8) is 0 Å². The fraction of sp³-hybridized carbons (Fsp3) is 0.143. The summed E-state index contributed by atoms with van der Waals surface area (Å²) in [6, 6.07) is 26.1. The number of hydrogen-bond donors (Lipinski definition) is 0. The molecule has 0 radical (unpaired) electrons. The number of aryl methyl sites for hydroxylation is 1. The second-order valence-corrected chi connectivity index (χ2v) is 13.6. The van der Waals surface area contributed by atoms with Gasteiger partial charge in [0, 0.05) is 17.7 Å². The third-order valence-corrected chi connectivity index (χ3v) is 10.3. The maximum atomic E-state index is 14.2. The Morgan fingerprint density at radius 1 is 1.02 bits per heavy atom. The van der Waals surface area contributed by atoms with Gasteiger partial charge in [-0.15, -0.1) is 0 Å². The van der Waals surface area contributed by atoms with Crippen LogP contribution in [0.25, 0.3) is 11.8 Å². The summed E-state index contributed by atoms with van der Waals surface area (Å²) in [5.41, 5.74) is 7.03. The molecule has 8 nitrogen and oxygen atoms in total. The number of methoxy groups -OCH3 is 1. The zero-order valence-electron chi connectivity index (χ0n) is 24.4. The number of non-ortho nitro benzene ring substituents is 1. The van der Waals surface area contributed by atoms with Gasteiger partial charge in [-0.05, 0) is 115 Å². The Morgan fingerprint density at radius 3 is 2.43 bits per heavy atom. The van der Waals surface area contributed by atoms with Gasteiger partial charge in [0.15, 0.2) is 4.80 Å². The van der Waals surface area contributed by atoms with Gasteiger partial charge in [0.25, 0.3) is 11.2 Å². The molecule has 1 atom stereocenters. The molecule has 1 aliphatic heterocycles. The molecular weight excluding hydrogens is 734 g/mol. The van der Waals surface area contributed by atoms with Crippen LogP contribution in [0, 0.1) is 10.1 Å². The van der Waals surface area contributed by atoms with Crippen molar-refractivity contribution in [3.05, 3.63) is 157 Å². The summed E-state index contributed by atoms with van der Waals surface area (Å²) in [4.78, 5) is 30.4. The highest BCUT2D eigenvalue weighted by molar-refractivity contribution is 9.11. The maximum absolute atomic E-state index is 14.2. The molecule has 46 heavy (non-hydrogen) atoms. The van der Waals surface area contributed by atoms with Crippen LogP contribution in [-0.2, 0) is 13.0 Å². The van der Waals surface area contributed by atoms with E-state index in [1.54, 1.807) is 19.2 Å². The first-order chi connectivity index (χ1) is 22.3. The summed E-state index contributed by atoms with van der Waals surface area (Å²) in [6.07, 6.45) is 3.58. The van der Waals surface area contributed by atoms with Gasteiger partial charge in [-0.2, -0.15) is 0 Å². The number of thiazole rings is 1. The standard InChI is InChI=1S/C35H25Br2N3O5S/c1-44-25-13-8-23(9-14-25)32-27-15-10-22-4-2-3-5-26(22)31(27)38-35-39(32)34(41)30(46-35)18-21-16-28(36)33(29(37)17-21)45-19-20-6-11-24(12-7-20)40(42)43/h2-9,11-14,16-18,32H,10,15,19H2,1H3/b30-18-/t32-/m1/s1. The number of rotatable bonds is 7. The minimum absolute atomic E-state index is 0.0288. The van der Waals surface area contributed by atoms with Crippen molar-refractivity contribution in [1.82, 2.24) is 4.57 Å². The molecule has 2 heterocycles. The molecule has 4 aromatic carbocycles. The Hall–Kier alpha value is -4.32. The van der Waals surface area contributed by atoms with Gasteiger partial charge in [0.2, 0.25) is 0 Å². The number of nitro benzene ring substituents is 1. The first-order valence-corrected chi connectivity index (χ1v) is 16.8. The maximum Gasteiger partial charge on any atom is 0.271 e. The summed E-state index contributed by atoms with van der Waals surface area (Å²) in [7, 11) is 1.64. The van der Waals surface area contributed by atoms with E-state index in [0.717, 1.165) is 52.1 Å². The Bertz CT molecular complexity index is 2200. The monoisotopic (exact) mass is 757 g/mol. The molecule has 0 N–H and O–H groups in total. The SMILES string of the molecule is COc1ccc([C@@H]2C3=C(N=c4s/c(=C\c5cc(Br)c(OCc6ccc([N+](=O)[O-])cc6)c(Br)c5)c(=O)n42)c2ccccc2CC3)cc1. The fourth-order valence-electron chi connectivity index (χ4n) is 5.93. The number of nitrogens with zero attached hydrogens (tertiary/aromatic N) is 3. The van der Waals surface area contributed by atoms with E-state index in [9.17, 15) is 14.9 Å². The van der Waals surface area contributed by atoms with Crippen molar-refractivity contribution < 1.29 is 14.4 Å². The minimum atomic E-state index is -0.431. The molecule has 2 aliphatic rings. The lowest BCUT2D eigenvalue weighted by Gasteiger charge is -2.30. The van der Waals surface area contributed by atoms with Crippen LogP contribution < -0.4 is 24.4 Å². The Balaban J connectivity index is 1.27. The Labute approximate surface area is 284 Å². The number of allylic oxidation sites excluding steroid dienone is 1. The molecule has 0 bridgehead atoms. The molecule has 0 saturated carbocycles. The van der Waals surface area contributed by atoms with Gasteiger partial charge in [-0.25, -0.2) is 4.99 Å². The number of fused-ring (bicyclic) bond motifs is 3. The van der Waals surface area contributed by atoms with Crippen molar-refractivity contribution in [2.45, 2.75) is 25.5 Å². The molecule has 1 aromatic heterocycles. The van der Waals surface area contributed by atoms with Crippen LogP contribution in [0.3, 0.4) is 0 Å². The van der Waals surface area contributed by atoms with E-state index in [1.165, 1.54) is 29.0 Å². The summed E-state index contributed by atoms with van der Waals surface area (Å²) in [6.45, 7) is 0.228. The number of halogens is 2. The molecule has 7 rings (SSSR count). The predicted octanol–water partition coefficient (Wildman–Crippen LogP) is 7.34. The Kier molecular flexibility index (Phi) is 8.22. The van der Waals surface area contributed by atoms with Crippen LogP contribution in [0.5, 0.6) is 11.5 Å². The van der Waals surface area contributed by atoms with E-state index in [2.05, 4.69) is 50.1 Å². The minimum Gasteiger partial charge on any atom is -0.497 e. The van der Waals surface area contributed by atoms with E-state index in [0.29, 0.717) is 24.0 Å². The largest absolute Gasteiger partial charge is 0.497 e. The summed E-state index contributed by atoms with van der Waals surface area (Å²) in [5, 5.41) is 11.0. The highest BCUT2D eigenvalue weighted by Crippen LogP contribution is 2.41. The predicted molar refractivity (Wildman–Crippen MR) is 185 cm³/mol. The molecule has 11 heteroatoms. The fourth-order valence-corrected chi connectivity index (χ4v) is 8.38. The zero-order chi connectivity index (χ0) is 31.9. The van der Waals surface area contributed by atoms with Crippen LogP contribution >= 0.6 is 43.2 Å². The van der Waals surface area contributed by atoms with Crippen LogP contribution in [0.15, 0.2) is 109 Å². The van der Waals surface area contributed by atoms with Gasteiger partial charge >= 0.3 is 0 Å². The van der Waals surface area contributed by atoms with Crippen molar-refractivity contribution in [1.29, 1.82) is 0 Å². The van der Waals surface area contributed by atoms with Crippen molar-refractivity contribution in [2.24, 2.45) is 4.99 Å². The molecule has 0 saturated heterocycles. The normalized spacial score (nSPS) is 15.5. The van der Waals surface area contributed by atoms with Crippen molar-refractivity contribution >= 4 is 60.7 Å². The van der Waals surface area contributed by atoms with Crippen LogP contribution in [0.1, 0.15) is 40.3 Å². The molecule has 230 valence electrons. The van der Waals surface area contributed by atoms with Gasteiger partial charge in [0.1, 0.15) is 18.1 Å². The first kappa shape index (κ1) is 30.3. The smallest absolute Gasteiger partial charge is 0.271 e. The van der Waals surface area contributed by atoms with Crippen molar-refractivity contribution in [3.8, 4) is 11.5 Å². The van der Waals surface area contributed by atoms with E-state index in [-0.39, 0.29) is 23.9 Å². The zero-order valence-corrected chi connectivity index (χ0v) is 28.4. The average molecular weight is 759 g/mol. The number of ether oxygens (including phenoxy) is 2. The number of hydrogen-bond acceptors (Lipinski definition) is 7. The van der Waals surface area contributed by atoms with Gasteiger partial charge in [0.05, 0.1) is 37.2 Å². The lowest BCUT2D eigenvalue weighted by atomic mass is 9.83. The first-order valence-electron chi connectivity index (χ1n) is 14.4. The quantitative estimate of drug-likeness (QED) is 0.128. The van der Waals surface area contributed by atoms with Crippen LogP contribution in [0.2, 0.25) is 0 Å². The van der Waals surface area contributed by atoms with Gasteiger partial charge in [-0.3, -0.25) is 19.5 Å². The third-order valence-electron chi connectivity index (χ3n) is 8.15. The Morgan fingerprint density at radius 2 is 1.74 bits per heavy atom. The van der Waals surface area contributed by atoms with E-state index in [4.69, 9.17) is 14.5 Å². The topological polar surface area (TPSA) is 96.0 Å². The van der Waals surface area contributed by atoms with Gasteiger partial charge < -0.3 is 9.47 Å². The van der Waals surface area contributed by atoms with Crippen molar-refractivity contribution in [2.75, 3.05) is 7.11 Å². The highest BCUT2D eigenvalue weighted by atomic mass is 79.9. The average Bonchev–Trinajstić information content (AvgIpc) is 3.37. The van der Waals surface area contributed by atoms with Crippen LogP contribution in [0.4, 0.5) is 5.69 Å². The second kappa shape index (κ2) is 12.5. The highest BCUT2D eigenvalue weighted by Gasteiger charge is 2.32. The lowest BCUT2D eigenvalue weighted by Crippen LogP contribution is -2.38. The lowest BCUT2D eigenvalue weighted by molar-refractivity contribution is -0.384. The molecule has 0 spiro atoms. The third kappa shape index (κ3) is 5.63. The molecule has 0 amide bonds. The molecule has 1 aliphatic carbocycles. The number of aromatic nitrogens is 1. The molecule has 0 fully saturated rings. The van der Waals surface area contributed by atoms with E-state index >= 15 is 0 Å². The molecular formula is C35H25Br2N3O5S. The second-order valence-electron chi connectivity index (χ2n) is 10.9. The number of benzene rings is 4. The van der Waals surface area contributed by atoms with E-state index < -0.39 is 4.92 Å². The summed E-state index contributed by atoms with van der Waals surface area (Å²) >= 11 is 8.62. The molecule has 0 unspecified atom stereocenters. The molecule has 5 aromatic rings. The summed E-state index contributed by atoms with van der Waals surface area (Å²) in [5.74, 6) is 1.35. The number of nitro groups is 1. The van der Waals surface area contributed by atoms with Crippen LogP contribution in [-0.4, -0.2) is 16.6 Å². The summed E-state index contributed by atoms with van der Waals surface area (Å²) < 4.78 is 15.3. The van der Waals surface area contributed by atoms with E-state index in [1.807, 2.05) is 53.1 Å². The van der Waals surface area contributed by atoms with Gasteiger partial charge in [-0.1, -0.05) is 47.7 Å².